The van der Waals surface area contributed by atoms with Crippen LogP contribution < -0.4 is 0 Å². The van der Waals surface area contributed by atoms with Crippen LogP contribution in [0.4, 0.5) is 0 Å². The standard InChI is InChI=1S/C15H17NO3S.C6H3Cl/c1-15(2,19-9-13-10-20-11-16-13)14(17)18-8-12-6-4-3-5-7-12;7-6-3-4-1-2-5(4)6/h3-7,10-11H,8-9H2,1-2H3;1-3H. The van der Waals surface area contributed by atoms with Crippen LogP contribution in [0.5, 0.6) is 0 Å². The van der Waals surface area contributed by atoms with Crippen LogP contribution in [-0.4, -0.2) is 16.6 Å². The maximum absolute atomic E-state index is 12.0. The van der Waals surface area contributed by atoms with Gasteiger partial charge < -0.3 is 9.47 Å². The summed E-state index contributed by atoms with van der Waals surface area (Å²) >= 11 is 7.10. The summed E-state index contributed by atoms with van der Waals surface area (Å²) in [7, 11) is 0. The number of carbonyl (C=O) groups excluding carboxylic acids is 1. The summed E-state index contributed by atoms with van der Waals surface area (Å²) in [4.78, 5) is 16.1. The zero-order chi connectivity index (χ0) is 19.3. The number of ether oxygens (including phenoxy) is 2. The minimum Gasteiger partial charge on any atom is -0.459 e. The van der Waals surface area contributed by atoms with Gasteiger partial charge in [-0.05, 0) is 30.7 Å². The fraction of sp³-hybridized carbons (Fsp3) is 0.238. The summed E-state index contributed by atoms with van der Waals surface area (Å²) in [5, 5.41) is 5.36. The molecule has 0 amide bonds. The van der Waals surface area contributed by atoms with Crippen molar-refractivity contribution in [1.29, 1.82) is 0 Å². The molecule has 4 nitrogen and oxygen atoms in total. The lowest BCUT2D eigenvalue weighted by Gasteiger charge is -2.22. The Bertz CT molecular complexity index is 988. The van der Waals surface area contributed by atoms with Crippen LogP contribution in [-0.2, 0) is 27.5 Å². The molecule has 0 saturated heterocycles. The molecule has 6 heteroatoms. The lowest BCUT2D eigenvalue weighted by Crippen LogP contribution is -2.36. The Morgan fingerprint density at radius 3 is 2.41 bits per heavy atom. The molecular weight excluding hydrogens is 382 g/mol. The lowest BCUT2D eigenvalue weighted by molar-refractivity contribution is -0.171. The molecule has 0 saturated carbocycles. The van der Waals surface area contributed by atoms with Gasteiger partial charge in [0.1, 0.15) is 6.61 Å². The molecule has 1 aromatic carbocycles. The van der Waals surface area contributed by atoms with Gasteiger partial charge in [0.2, 0.25) is 0 Å². The van der Waals surface area contributed by atoms with Crippen molar-refractivity contribution in [2.75, 3.05) is 0 Å². The number of rotatable bonds is 6. The third-order valence-corrected chi connectivity index (χ3v) is 5.00. The number of nitrogens with zero attached hydrogens (tertiary/aromatic N) is 1. The smallest absolute Gasteiger partial charge is 0.338 e. The van der Waals surface area contributed by atoms with Gasteiger partial charge in [-0.25, -0.2) is 9.78 Å². The van der Waals surface area contributed by atoms with Crippen molar-refractivity contribution >= 4 is 28.9 Å². The highest BCUT2D eigenvalue weighted by atomic mass is 35.5. The summed E-state index contributed by atoms with van der Waals surface area (Å²) in [5.41, 5.74) is 2.52. The fourth-order valence-corrected chi connectivity index (χ4v) is 3.09. The van der Waals surface area contributed by atoms with E-state index in [1.165, 1.54) is 21.8 Å². The van der Waals surface area contributed by atoms with E-state index in [-0.39, 0.29) is 12.6 Å². The van der Waals surface area contributed by atoms with Crippen LogP contribution in [0.2, 0.25) is 5.02 Å². The van der Waals surface area contributed by atoms with Gasteiger partial charge in [0.05, 0.1) is 17.8 Å². The molecule has 2 aromatic rings. The highest BCUT2D eigenvalue weighted by molar-refractivity contribution is 7.07. The van der Waals surface area contributed by atoms with E-state index in [1.807, 2.05) is 47.8 Å². The minimum absolute atomic E-state index is 0.253. The summed E-state index contributed by atoms with van der Waals surface area (Å²) in [6, 6.07) is 15.6. The van der Waals surface area contributed by atoms with E-state index in [0.29, 0.717) is 6.61 Å². The molecule has 2 aliphatic carbocycles. The van der Waals surface area contributed by atoms with Gasteiger partial charge in [0, 0.05) is 15.6 Å². The van der Waals surface area contributed by atoms with Gasteiger partial charge >= 0.3 is 5.97 Å². The number of esters is 1. The van der Waals surface area contributed by atoms with Gasteiger partial charge in [0.25, 0.3) is 0 Å². The Labute approximate surface area is 167 Å². The summed E-state index contributed by atoms with van der Waals surface area (Å²) < 4.78 is 10.9. The Hall–Kier alpha value is -2.21. The number of aromatic nitrogens is 1. The van der Waals surface area contributed by atoms with E-state index in [0.717, 1.165) is 16.3 Å². The monoisotopic (exact) mass is 401 g/mol. The molecule has 1 heterocycles. The number of benzene rings is 2. The minimum atomic E-state index is -0.988. The third kappa shape index (κ3) is 5.16. The largest absolute Gasteiger partial charge is 0.459 e. The van der Waals surface area contributed by atoms with Crippen molar-refractivity contribution < 1.29 is 14.3 Å². The average molecular weight is 402 g/mol. The Morgan fingerprint density at radius 2 is 1.93 bits per heavy atom. The number of thiazole rings is 1. The molecular formula is C21H20ClNO3S. The average Bonchev–Trinajstić information content (AvgIpc) is 3.17. The maximum Gasteiger partial charge on any atom is 0.338 e. The molecule has 0 bridgehead atoms. The lowest BCUT2D eigenvalue weighted by atomic mass is 10.1. The van der Waals surface area contributed by atoms with Crippen LogP contribution in [0, 0.1) is 10.4 Å². The van der Waals surface area contributed by atoms with Crippen molar-refractivity contribution in [2.45, 2.75) is 32.7 Å². The zero-order valence-electron chi connectivity index (χ0n) is 15.1. The first-order valence-electron chi connectivity index (χ1n) is 8.48. The van der Waals surface area contributed by atoms with Crippen LogP contribution in [0.25, 0.3) is 0 Å². The second kappa shape index (κ2) is 8.65. The fourth-order valence-electron chi connectivity index (χ4n) is 2.26. The van der Waals surface area contributed by atoms with Crippen molar-refractivity contribution in [1.82, 2.24) is 4.98 Å². The molecule has 2 aliphatic rings. The van der Waals surface area contributed by atoms with Crippen LogP contribution in [0.3, 0.4) is 0 Å². The molecule has 1 aromatic heterocycles. The van der Waals surface area contributed by atoms with Crippen LogP contribution in [0.15, 0.2) is 59.4 Å². The van der Waals surface area contributed by atoms with E-state index in [4.69, 9.17) is 21.1 Å². The number of hydrogen-bond acceptors (Lipinski definition) is 5. The predicted molar refractivity (Wildman–Crippen MR) is 106 cm³/mol. The van der Waals surface area contributed by atoms with Crippen LogP contribution in [0.1, 0.15) is 25.1 Å². The van der Waals surface area contributed by atoms with Gasteiger partial charge in [-0.1, -0.05) is 54.1 Å². The Kier molecular flexibility index (Phi) is 6.26. The number of hydrogen-bond donors (Lipinski definition) is 0. The molecule has 0 atom stereocenters. The van der Waals surface area contributed by atoms with Crippen molar-refractivity contribution in [3.8, 4) is 0 Å². The molecule has 0 N–H and O–H groups in total. The van der Waals surface area contributed by atoms with E-state index < -0.39 is 5.60 Å². The molecule has 0 aliphatic heterocycles. The van der Waals surface area contributed by atoms with E-state index in [1.54, 1.807) is 19.4 Å². The topological polar surface area (TPSA) is 48.4 Å². The zero-order valence-corrected chi connectivity index (χ0v) is 16.7. The molecule has 0 spiro atoms. The third-order valence-electron chi connectivity index (χ3n) is 4.05. The summed E-state index contributed by atoms with van der Waals surface area (Å²) in [6.07, 6.45) is 0. The predicted octanol–water partition coefficient (Wildman–Crippen LogP) is 5.12. The second-order valence-corrected chi connectivity index (χ2v) is 7.66. The highest BCUT2D eigenvalue weighted by Crippen LogP contribution is 2.20. The van der Waals surface area contributed by atoms with E-state index in [2.05, 4.69) is 11.1 Å². The van der Waals surface area contributed by atoms with E-state index in [9.17, 15) is 4.79 Å². The first-order chi connectivity index (χ1) is 13.0. The van der Waals surface area contributed by atoms with E-state index >= 15 is 0 Å². The quantitative estimate of drug-likeness (QED) is 0.420. The van der Waals surface area contributed by atoms with Gasteiger partial charge in [-0.3, -0.25) is 0 Å². The number of halogens is 1. The number of carbonyl (C=O) groups is 1. The summed E-state index contributed by atoms with van der Waals surface area (Å²) in [6.45, 7) is 3.96. The maximum atomic E-state index is 12.0. The normalized spacial score (nSPS) is 11.4. The van der Waals surface area contributed by atoms with Crippen molar-refractivity contribution in [3.05, 3.63) is 86.1 Å². The molecule has 0 radical (unpaired) electrons. The first-order valence-corrected chi connectivity index (χ1v) is 9.80. The van der Waals surface area contributed by atoms with Crippen molar-refractivity contribution in [2.24, 2.45) is 0 Å². The van der Waals surface area contributed by atoms with Crippen LogP contribution >= 0.6 is 22.9 Å². The molecule has 27 heavy (non-hydrogen) atoms. The first kappa shape index (κ1) is 19.5. The van der Waals surface area contributed by atoms with Gasteiger partial charge in [0.15, 0.2) is 5.60 Å². The molecule has 4 rings (SSSR count). The Morgan fingerprint density at radius 1 is 1.15 bits per heavy atom. The highest BCUT2D eigenvalue weighted by Gasteiger charge is 2.30. The van der Waals surface area contributed by atoms with Crippen molar-refractivity contribution in [3.63, 3.8) is 0 Å². The summed E-state index contributed by atoms with van der Waals surface area (Å²) in [5.74, 6) is -0.378. The SMILES string of the molecule is CC(C)(OCc1cscn1)C(=O)OCc1ccccc1.Clc1cc2ccc1=2. The second-order valence-electron chi connectivity index (χ2n) is 6.54. The molecule has 0 fully saturated rings. The van der Waals surface area contributed by atoms with Gasteiger partial charge in [-0.15, -0.1) is 11.3 Å². The Balaban J connectivity index is 0.000000246. The molecule has 0 unspecified atom stereocenters. The molecule has 140 valence electrons. The van der Waals surface area contributed by atoms with Gasteiger partial charge in [-0.2, -0.15) is 0 Å².